The van der Waals surface area contributed by atoms with Crippen LogP contribution in [0.2, 0.25) is 0 Å². The Kier molecular flexibility index (Phi) is 2.93. The minimum Gasteiger partial charge on any atom is -0.268 e. The molecular formula is C13H14N3O3S+. The minimum absolute atomic E-state index is 0.308. The molecule has 1 aromatic heterocycles. The fraction of sp³-hybridized carbons (Fsp3) is 0.308. The molecule has 0 radical (unpaired) electrons. The third-order valence-electron chi connectivity index (χ3n) is 3.22. The standard InChI is InChI=1S/C13H13N3O3S/c1-16-8-11(10-4-2-3-5-12(10)14-16)13(17)15-20(18,19)9-6-7-9/h2-5,8-9H,6-7H2,1H3/p+1. The first-order valence-electron chi connectivity index (χ1n) is 6.29. The molecule has 20 heavy (non-hydrogen) atoms. The number of sulfonamides is 1. The van der Waals surface area contributed by atoms with Crippen LogP contribution in [-0.4, -0.2) is 24.7 Å². The van der Waals surface area contributed by atoms with E-state index in [1.807, 2.05) is 6.07 Å². The smallest absolute Gasteiger partial charge is 0.268 e. The van der Waals surface area contributed by atoms with Crippen molar-refractivity contribution in [3.63, 3.8) is 0 Å². The van der Waals surface area contributed by atoms with E-state index >= 15 is 0 Å². The highest BCUT2D eigenvalue weighted by Crippen LogP contribution is 2.27. The zero-order valence-corrected chi connectivity index (χ0v) is 11.7. The molecule has 0 atom stereocenters. The number of hydrogen-bond donors (Lipinski definition) is 1. The summed E-state index contributed by atoms with van der Waals surface area (Å²) in [6.45, 7) is 0. The molecule has 1 heterocycles. The summed E-state index contributed by atoms with van der Waals surface area (Å²) in [5.41, 5.74) is 0.953. The van der Waals surface area contributed by atoms with Crippen molar-refractivity contribution in [2.45, 2.75) is 18.1 Å². The summed E-state index contributed by atoms with van der Waals surface area (Å²) >= 11 is 0. The van der Waals surface area contributed by atoms with E-state index in [0.29, 0.717) is 29.3 Å². The second-order valence-electron chi connectivity index (χ2n) is 4.91. The summed E-state index contributed by atoms with van der Waals surface area (Å²) < 4.78 is 27.3. The van der Waals surface area contributed by atoms with Gasteiger partial charge in [-0.05, 0) is 24.0 Å². The molecule has 0 aliphatic heterocycles. The predicted molar refractivity (Wildman–Crippen MR) is 72.3 cm³/mol. The van der Waals surface area contributed by atoms with E-state index in [2.05, 4.69) is 9.82 Å². The van der Waals surface area contributed by atoms with E-state index < -0.39 is 21.2 Å². The average Bonchev–Trinajstić information content (AvgIpc) is 3.21. The van der Waals surface area contributed by atoms with E-state index in [1.54, 1.807) is 25.2 Å². The van der Waals surface area contributed by atoms with Crippen LogP contribution in [0.25, 0.3) is 10.9 Å². The lowest BCUT2D eigenvalue weighted by Gasteiger charge is -2.06. The van der Waals surface area contributed by atoms with Crippen molar-refractivity contribution in [1.29, 1.82) is 0 Å². The fourth-order valence-electron chi connectivity index (χ4n) is 2.07. The first kappa shape index (κ1) is 13.0. The minimum atomic E-state index is -3.55. The molecule has 7 heteroatoms. The van der Waals surface area contributed by atoms with Crippen molar-refractivity contribution < 1.29 is 17.9 Å². The average molecular weight is 292 g/mol. The van der Waals surface area contributed by atoms with Gasteiger partial charge in [-0.25, -0.2) is 13.1 Å². The molecule has 1 aliphatic rings. The second kappa shape index (κ2) is 4.52. The largest absolute Gasteiger partial charge is 0.271 e. The van der Waals surface area contributed by atoms with E-state index in [0.717, 1.165) is 0 Å². The first-order valence-corrected chi connectivity index (χ1v) is 7.84. The molecule has 0 bridgehead atoms. The first-order chi connectivity index (χ1) is 9.47. The Labute approximate surface area is 116 Å². The lowest BCUT2D eigenvalue weighted by molar-refractivity contribution is -0.728. The van der Waals surface area contributed by atoms with Crippen molar-refractivity contribution in [3.05, 3.63) is 36.0 Å². The van der Waals surface area contributed by atoms with Gasteiger partial charge in [-0.2, -0.15) is 0 Å². The van der Waals surface area contributed by atoms with Crippen molar-refractivity contribution >= 4 is 26.8 Å². The number of aromatic nitrogens is 2. The molecule has 0 saturated heterocycles. The highest BCUT2D eigenvalue weighted by Gasteiger charge is 2.37. The molecule has 3 rings (SSSR count). The SMILES string of the molecule is C[n+]1cc(C(=O)NS(=O)(=O)C2CC2)c2ccccc2n1. The Morgan fingerprint density at radius 1 is 1.35 bits per heavy atom. The highest BCUT2D eigenvalue weighted by atomic mass is 32.2. The second-order valence-corrected chi connectivity index (χ2v) is 6.87. The van der Waals surface area contributed by atoms with Gasteiger partial charge in [0.05, 0.1) is 5.25 Å². The van der Waals surface area contributed by atoms with Crippen LogP contribution in [0.1, 0.15) is 23.2 Å². The number of hydrogen-bond acceptors (Lipinski definition) is 4. The van der Waals surface area contributed by atoms with Gasteiger partial charge < -0.3 is 0 Å². The van der Waals surface area contributed by atoms with Crippen LogP contribution in [0.15, 0.2) is 30.5 Å². The van der Waals surface area contributed by atoms with Crippen LogP contribution in [0.4, 0.5) is 0 Å². The summed E-state index contributed by atoms with van der Waals surface area (Å²) in [4.78, 5) is 12.2. The van der Waals surface area contributed by atoms with Crippen LogP contribution in [-0.2, 0) is 17.1 Å². The molecule has 1 fully saturated rings. The Bertz CT molecular complexity index is 798. The highest BCUT2D eigenvalue weighted by molar-refractivity contribution is 7.91. The molecule has 0 unspecified atom stereocenters. The molecule has 1 N–H and O–H groups in total. The zero-order chi connectivity index (χ0) is 14.3. The maximum Gasteiger partial charge on any atom is 0.271 e. The van der Waals surface area contributed by atoms with Crippen LogP contribution in [0.5, 0.6) is 0 Å². The maximum atomic E-state index is 12.2. The van der Waals surface area contributed by atoms with Crippen molar-refractivity contribution in [2.75, 3.05) is 0 Å². The summed E-state index contributed by atoms with van der Waals surface area (Å²) in [5.74, 6) is -0.605. The Morgan fingerprint density at radius 2 is 2.05 bits per heavy atom. The van der Waals surface area contributed by atoms with E-state index in [4.69, 9.17) is 0 Å². The molecular weight excluding hydrogens is 278 g/mol. The van der Waals surface area contributed by atoms with Crippen LogP contribution < -0.4 is 9.40 Å². The molecule has 1 aliphatic carbocycles. The molecule has 2 aromatic rings. The summed E-state index contributed by atoms with van der Waals surface area (Å²) in [6.07, 6.45) is 2.76. The van der Waals surface area contributed by atoms with Gasteiger partial charge in [0.15, 0.2) is 7.05 Å². The molecule has 1 amide bonds. The van der Waals surface area contributed by atoms with Gasteiger partial charge in [0, 0.05) is 5.39 Å². The number of nitrogens with one attached hydrogen (secondary N) is 1. The third kappa shape index (κ3) is 2.36. The lowest BCUT2D eigenvalue weighted by atomic mass is 10.1. The number of benzene rings is 1. The predicted octanol–water partition coefficient (Wildman–Crippen LogP) is 0.281. The van der Waals surface area contributed by atoms with E-state index in [1.165, 1.54) is 10.9 Å². The zero-order valence-electron chi connectivity index (χ0n) is 10.9. The third-order valence-corrected chi connectivity index (χ3v) is 5.04. The molecule has 1 aromatic carbocycles. The Hall–Kier alpha value is -2.02. The van der Waals surface area contributed by atoms with Gasteiger partial charge in [-0.1, -0.05) is 22.9 Å². The summed E-state index contributed by atoms with van der Waals surface area (Å²) in [7, 11) is -1.85. The number of carbonyl (C=O) groups excluding carboxylic acids is 1. The van der Waals surface area contributed by atoms with Gasteiger partial charge in [-0.15, -0.1) is 0 Å². The number of carbonyl (C=O) groups is 1. The van der Waals surface area contributed by atoms with Gasteiger partial charge >= 0.3 is 0 Å². The molecule has 6 nitrogen and oxygen atoms in total. The van der Waals surface area contributed by atoms with Gasteiger partial charge in [0.2, 0.25) is 16.2 Å². The van der Waals surface area contributed by atoms with Crippen molar-refractivity contribution in [3.8, 4) is 0 Å². The number of aryl methyl sites for hydroxylation is 1. The van der Waals surface area contributed by atoms with Crippen molar-refractivity contribution in [1.82, 2.24) is 9.82 Å². The Morgan fingerprint density at radius 3 is 2.75 bits per heavy atom. The summed E-state index contributed by atoms with van der Waals surface area (Å²) in [6, 6.07) is 7.14. The molecule has 104 valence electrons. The van der Waals surface area contributed by atoms with E-state index in [-0.39, 0.29) is 0 Å². The number of rotatable bonds is 3. The quantitative estimate of drug-likeness (QED) is 0.824. The number of fused-ring (bicyclic) bond motifs is 1. The summed E-state index contributed by atoms with van der Waals surface area (Å²) in [5, 5.41) is 4.46. The van der Waals surface area contributed by atoms with Crippen LogP contribution >= 0.6 is 0 Å². The normalized spacial score (nSPS) is 15.2. The maximum absolute atomic E-state index is 12.2. The van der Waals surface area contributed by atoms with Crippen molar-refractivity contribution in [2.24, 2.45) is 7.05 Å². The van der Waals surface area contributed by atoms with E-state index in [9.17, 15) is 13.2 Å². The van der Waals surface area contributed by atoms with Crippen LogP contribution in [0, 0.1) is 0 Å². The lowest BCUT2D eigenvalue weighted by Crippen LogP contribution is -2.38. The molecule has 1 saturated carbocycles. The Balaban J connectivity index is 2.03. The fourth-order valence-corrected chi connectivity index (χ4v) is 3.36. The number of amides is 1. The van der Waals surface area contributed by atoms with Gasteiger partial charge in [-0.3, -0.25) is 4.79 Å². The monoisotopic (exact) mass is 292 g/mol. The van der Waals surface area contributed by atoms with Crippen LogP contribution in [0.3, 0.4) is 0 Å². The number of nitrogens with zero attached hydrogens (tertiary/aromatic N) is 2. The van der Waals surface area contributed by atoms with Gasteiger partial charge in [0.25, 0.3) is 5.91 Å². The molecule has 0 spiro atoms. The van der Waals surface area contributed by atoms with Gasteiger partial charge in [0.1, 0.15) is 11.1 Å². The topological polar surface area (TPSA) is 80.0 Å².